The number of hydrogen-bond donors (Lipinski definition) is 2. The van der Waals surface area contributed by atoms with Gasteiger partial charge in [0.2, 0.25) is 0 Å². The maximum absolute atomic E-state index is 11.9. The zero-order valence-electron chi connectivity index (χ0n) is 8.74. The van der Waals surface area contributed by atoms with Crippen molar-refractivity contribution < 1.29 is 8.42 Å². The average Bonchev–Trinajstić information content (AvgIpc) is 2.30. The predicted molar refractivity (Wildman–Crippen MR) is 63.7 cm³/mol. The van der Waals surface area contributed by atoms with E-state index < -0.39 is 10.0 Å². The SMILES string of the molecule is Nc1ccc(S(=O)(=O)Nc2ccncc2)cn1. The van der Waals surface area contributed by atoms with E-state index >= 15 is 0 Å². The summed E-state index contributed by atoms with van der Waals surface area (Å²) < 4.78 is 26.2. The number of anilines is 2. The van der Waals surface area contributed by atoms with Gasteiger partial charge in [-0.05, 0) is 24.3 Å². The van der Waals surface area contributed by atoms with Gasteiger partial charge in [-0.25, -0.2) is 13.4 Å². The Hall–Kier alpha value is -2.15. The summed E-state index contributed by atoms with van der Waals surface area (Å²) in [6.07, 6.45) is 4.21. The smallest absolute Gasteiger partial charge is 0.263 e. The first-order chi connectivity index (χ1) is 8.08. The molecule has 0 radical (unpaired) electrons. The van der Waals surface area contributed by atoms with E-state index in [4.69, 9.17) is 5.73 Å². The quantitative estimate of drug-likeness (QED) is 0.841. The molecule has 0 atom stereocenters. The summed E-state index contributed by atoms with van der Waals surface area (Å²) in [6, 6.07) is 5.94. The molecule has 0 saturated carbocycles. The minimum atomic E-state index is -3.63. The Morgan fingerprint density at radius 3 is 2.41 bits per heavy atom. The lowest BCUT2D eigenvalue weighted by Gasteiger charge is -2.07. The van der Waals surface area contributed by atoms with Gasteiger partial charge in [0.25, 0.3) is 10.0 Å². The second-order valence-electron chi connectivity index (χ2n) is 3.26. The van der Waals surface area contributed by atoms with Crippen molar-refractivity contribution in [3.8, 4) is 0 Å². The van der Waals surface area contributed by atoms with Crippen LogP contribution in [0.4, 0.5) is 11.5 Å². The molecular weight excluding hydrogens is 240 g/mol. The van der Waals surface area contributed by atoms with Gasteiger partial charge in [0.15, 0.2) is 0 Å². The van der Waals surface area contributed by atoms with Gasteiger partial charge in [-0.3, -0.25) is 9.71 Å². The molecule has 7 heteroatoms. The van der Waals surface area contributed by atoms with Crippen LogP contribution in [0.25, 0.3) is 0 Å². The standard InChI is InChI=1S/C10H10N4O2S/c11-10-2-1-9(7-13-10)17(15,16)14-8-3-5-12-6-4-8/h1-7H,(H2,11,13)(H,12,14). The highest BCUT2D eigenvalue weighted by molar-refractivity contribution is 7.92. The average molecular weight is 250 g/mol. The number of nitrogens with two attached hydrogens (primary N) is 1. The highest BCUT2D eigenvalue weighted by atomic mass is 32.2. The van der Waals surface area contributed by atoms with Crippen LogP contribution in [0.15, 0.2) is 47.8 Å². The second kappa shape index (κ2) is 4.38. The maximum Gasteiger partial charge on any atom is 0.263 e. The van der Waals surface area contributed by atoms with Crippen LogP contribution in [0.5, 0.6) is 0 Å². The van der Waals surface area contributed by atoms with E-state index in [0.717, 1.165) is 0 Å². The van der Waals surface area contributed by atoms with Crippen molar-refractivity contribution in [1.29, 1.82) is 0 Å². The highest BCUT2D eigenvalue weighted by Crippen LogP contribution is 2.14. The minimum Gasteiger partial charge on any atom is -0.384 e. The third-order valence-corrected chi connectivity index (χ3v) is 3.37. The van der Waals surface area contributed by atoms with Crippen molar-refractivity contribution in [2.75, 3.05) is 10.5 Å². The van der Waals surface area contributed by atoms with Crippen molar-refractivity contribution in [3.05, 3.63) is 42.9 Å². The van der Waals surface area contributed by atoms with E-state index in [9.17, 15) is 8.42 Å². The summed E-state index contributed by atoms with van der Waals surface area (Å²) in [4.78, 5) is 7.59. The molecule has 2 aromatic rings. The number of pyridine rings is 2. The third-order valence-electron chi connectivity index (χ3n) is 2.00. The fourth-order valence-electron chi connectivity index (χ4n) is 1.18. The van der Waals surface area contributed by atoms with Crippen molar-refractivity contribution in [2.24, 2.45) is 0 Å². The lowest BCUT2D eigenvalue weighted by molar-refractivity contribution is 0.601. The zero-order valence-corrected chi connectivity index (χ0v) is 9.55. The molecule has 0 fully saturated rings. The molecule has 0 aromatic carbocycles. The fraction of sp³-hybridized carbons (Fsp3) is 0. The van der Waals surface area contributed by atoms with Crippen LogP contribution >= 0.6 is 0 Å². The normalized spacial score (nSPS) is 11.1. The molecule has 0 amide bonds. The molecule has 6 nitrogen and oxygen atoms in total. The van der Waals surface area contributed by atoms with Gasteiger partial charge < -0.3 is 5.73 Å². The molecular formula is C10H10N4O2S. The molecule has 0 bridgehead atoms. The first kappa shape index (κ1) is 11.3. The molecule has 0 spiro atoms. The molecule has 88 valence electrons. The van der Waals surface area contributed by atoms with E-state index in [1.807, 2.05) is 0 Å². The summed E-state index contributed by atoms with van der Waals surface area (Å²) >= 11 is 0. The van der Waals surface area contributed by atoms with Crippen LogP contribution in [0, 0.1) is 0 Å². The Labute approximate surface area is 98.6 Å². The predicted octanol–water partition coefficient (Wildman–Crippen LogP) is 0.860. The molecule has 3 N–H and O–H groups in total. The van der Waals surface area contributed by atoms with E-state index in [-0.39, 0.29) is 10.7 Å². The lowest BCUT2D eigenvalue weighted by atomic mass is 10.4. The molecule has 2 aromatic heterocycles. The van der Waals surface area contributed by atoms with Crippen molar-refractivity contribution in [1.82, 2.24) is 9.97 Å². The van der Waals surface area contributed by atoms with Gasteiger partial charge in [-0.2, -0.15) is 0 Å². The zero-order chi connectivity index (χ0) is 12.3. The lowest BCUT2D eigenvalue weighted by Crippen LogP contribution is -2.13. The molecule has 0 aliphatic rings. The van der Waals surface area contributed by atoms with Gasteiger partial charge in [0.1, 0.15) is 10.7 Å². The van der Waals surface area contributed by atoms with Crippen LogP contribution in [0.1, 0.15) is 0 Å². The van der Waals surface area contributed by atoms with E-state index in [2.05, 4.69) is 14.7 Å². The van der Waals surface area contributed by atoms with E-state index in [1.54, 1.807) is 12.1 Å². The minimum absolute atomic E-state index is 0.0588. The topological polar surface area (TPSA) is 98.0 Å². The molecule has 2 rings (SSSR count). The van der Waals surface area contributed by atoms with Gasteiger partial charge in [0, 0.05) is 18.6 Å². The number of nitrogens with one attached hydrogen (secondary N) is 1. The summed E-state index contributed by atoms with van der Waals surface area (Å²) in [5, 5.41) is 0. The van der Waals surface area contributed by atoms with Crippen LogP contribution in [0.3, 0.4) is 0 Å². The molecule has 17 heavy (non-hydrogen) atoms. The Kier molecular flexibility index (Phi) is 2.92. The number of rotatable bonds is 3. The van der Waals surface area contributed by atoms with Crippen molar-refractivity contribution >= 4 is 21.5 Å². The maximum atomic E-state index is 11.9. The van der Waals surface area contributed by atoms with Crippen molar-refractivity contribution in [2.45, 2.75) is 4.90 Å². The van der Waals surface area contributed by atoms with Crippen LogP contribution in [-0.4, -0.2) is 18.4 Å². The Balaban J connectivity index is 2.29. The molecule has 2 heterocycles. The van der Waals surface area contributed by atoms with Crippen LogP contribution < -0.4 is 10.5 Å². The van der Waals surface area contributed by atoms with Gasteiger partial charge >= 0.3 is 0 Å². The Bertz CT molecular complexity index is 596. The van der Waals surface area contributed by atoms with Crippen molar-refractivity contribution in [3.63, 3.8) is 0 Å². The molecule has 0 aliphatic heterocycles. The first-order valence-corrected chi connectivity index (χ1v) is 6.20. The molecule has 0 unspecified atom stereocenters. The van der Waals surface area contributed by atoms with E-state index in [1.165, 1.54) is 30.7 Å². The monoisotopic (exact) mass is 250 g/mol. The van der Waals surface area contributed by atoms with Crippen LogP contribution in [-0.2, 0) is 10.0 Å². The van der Waals surface area contributed by atoms with Gasteiger partial charge in [0.05, 0.1) is 5.69 Å². The van der Waals surface area contributed by atoms with E-state index in [0.29, 0.717) is 5.69 Å². The summed E-state index contributed by atoms with van der Waals surface area (Å²) in [6.45, 7) is 0. The van der Waals surface area contributed by atoms with Crippen LogP contribution in [0.2, 0.25) is 0 Å². The summed E-state index contributed by atoms with van der Waals surface area (Å²) in [7, 11) is -3.63. The Morgan fingerprint density at radius 2 is 1.82 bits per heavy atom. The third kappa shape index (κ3) is 2.70. The second-order valence-corrected chi connectivity index (χ2v) is 4.94. The summed E-state index contributed by atoms with van der Waals surface area (Å²) in [5.41, 5.74) is 5.83. The number of hydrogen-bond acceptors (Lipinski definition) is 5. The first-order valence-electron chi connectivity index (χ1n) is 4.72. The van der Waals surface area contributed by atoms with Gasteiger partial charge in [-0.1, -0.05) is 0 Å². The molecule has 0 saturated heterocycles. The highest BCUT2D eigenvalue weighted by Gasteiger charge is 2.14. The number of nitrogens with zero attached hydrogens (tertiary/aromatic N) is 2. The number of sulfonamides is 1. The Morgan fingerprint density at radius 1 is 1.12 bits per heavy atom. The number of aromatic nitrogens is 2. The van der Waals surface area contributed by atoms with Gasteiger partial charge in [-0.15, -0.1) is 0 Å². The summed E-state index contributed by atoms with van der Waals surface area (Å²) in [5.74, 6) is 0.271. The largest absolute Gasteiger partial charge is 0.384 e. The fourth-order valence-corrected chi connectivity index (χ4v) is 2.19. The molecule has 0 aliphatic carbocycles. The number of nitrogen functional groups attached to an aromatic ring is 1.